The Morgan fingerprint density at radius 2 is 2.11 bits per heavy atom. The topological polar surface area (TPSA) is 12.0 Å². The van der Waals surface area contributed by atoms with Gasteiger partial charge in [0.2, 0.25) is 0 Å². The van der Waals surface area contributed by atoms with Gasteiger partial charge >= 0.3 is 0 Å². The smallest absolute Gasteiger partial charge is 0.0178 e. The molecule has 1 saturated carbocycles. The number of halogens is 1. The first kappa shape index (κ1) is 15.1. The van der Waals surface area contributed by atoms with Crippen LogP contribution < -0.4 is 5.32 Å². The third-order valence-electron chi connectivity index (χ3n) is 4.15. The molecule has 1 aliphatic rings. The molecular weight excluding hydrogens is 298 g/mol. The summed E-state index contributed by atoms with van der Waals surface area (Å²) < 4.78 is 1.19. The van der Waals surface area contributed by atoms with Gasteiger partial charge in [0, 0.05) is 10.5 Å². The van der Waals surface area contributed by atoms with E-state index in [-0.39, 0.29) is 0 Å². The molecule has 1 aliphatic carbocycles. The van der Waals surface area contributed by atoms with E-state index in [1.54, 1.807) is 0 Å². The van der Waals surface area contributed by atoms with Gasteiger partial charge in [0.25, 0.3) is 0 Å². The zero-order valence-corrected chi connectivity index (χ0v) is 13.6. The van der Waals surface area contributed by atoms with Gasteiger partial charge in [-0.1, -0.05) is 60.7 Å². The molecular formula is C17H26BrN. The average Bonchev–Trinajstić information content (AvgIpc) is 2.89. The van der Waals surface area contributed by atoms with E-state index < -0.39 is 0 Å². The van der Waals surface area contributed by atoms with Gasteiger partial charge in [-0.3, -0.25) is 0 Å². The standard InChI is InChI=1S/C17H26BrN/c1-2-10-19-17(12-14-6-3-4-7-14)13-15-8-5-9-16(18)11-15/h5,8-9,11,14,17,19H,2-4,6-7,10,12-13H2,1H3. The maximum atomic E-state index is 3.75. The van der Waals surface area contributed by atoms with Crippen LogP contribution in [0.3, 0.4) is 0 Å². The highest BCUT2D eigenvalue weighted by molar-refractivity contribution is 9.10. The molecule has 0 radical (unpaired) electrons. The van der Waals surface area contributed by atoms with Gasteiger partial charge in [-0.2, -0.15) is 0 Å². The molecule has 0 saturated heterocycles. The predicted octanol–water partition coefficient (Wildman–Crippen LogP) is 4.94. The van der Waals surface area contributed by atoms with Crippen LogP contribution >= 0.6 is 15.9 Å². The van der Waals surface area contributed by atoms with E-state index in [4.69, 9.17) is 0 Å². The monoisotopic (exact) mass is 323 g/mol. The lowest BCUT2D eigenvalue weighted by atomic mass is 9.94. The average molecular weight is 324 g/mol. The summed E-state index contributed by atoms with van der Waals surface area (Å²) in [5.74, 6) is 0.960. The summed E-state index contributed by atoms with van der Waals surface area (Å²) in [6.07, 6.45) is 9.53. The highest BCUT2D eigenvalue weighted by atomic mass is 79.9. The first-order valence-electron chi connectivity index (χ1n) is 7.75. The fourth-order valence-electron chi connectivity index (χ4n) is 3.18. The molecule has 1 aromatic rings. The maximum Gasteiger partial charge on any atom is 0.0178 e. The molecule has 1 fully saturated rings. The zero-order valence-electron chi connectivity index (χ0n) is 12.0. The molecule has 0 bridgehead atoms. The molecule has 19 heavy (non-hydrogen) atoms. The Kier molecular flexibility index (Phi) is 6.39. The molecule has 2 rings (SSSR count). The third kappa shape index (κ3) is 5.27. The molecule has 1 N–H and O–H groups in total. The minimum atomic E-state index is 0.650. The Hall–Kier alpha value is -0.340. The summed E-state index contributed by atoms with van der Waals surface area (Å²) in [5, 5.41) is 3.75. The highest BCUT2D eigenvalue weighted by Gasteiger charge is 2.20. The van der Waals surface area contributed by atoms with Crippen molar-refractivity contribution in [3.05, 3.63) is 34.3 Å². The second-order valence-corrected chi connectivity index (χ2v) is 6.79. The van der Waals surface area contributed by atoms with Crippen LogP contribution in [0, 0.1) is 5.92 Å². The van der Waals surface area contributed by atoms with Crippen LogP contribution in [0.1, 0.15) is 51.0 Å². The Morgan fingerprint density at radius 3 is 2.79 bits per heavy atom. The van der Waals surface area contributed by atoms with Gasteiger partial charge < -0.3 is 5.32 Å². The van der Waals surface area contributed by atoms with Gasteiger partial charge in [-0.05, 0) is 49.4 Å². The molecule has 106 valence electrons. The van der Waals surface area contributed by atoms with Crippen LogP contribution in [-0.2, 0) is 6.42 Å². The van der Waals surface area contributed by atoms with E-state index in [0.717, 1.165) is 18.9 Å². The van der Waals surface area contributed by atoms with E-state index in [0.29, 0.717) is 6.04 Å². The number of hydrogen-bond donors (Lipinski definition) is 1. The second kappa shape index (κ2) is 8.06. The lowest BCUT2D eigenvalue weighted by Crippen LogP contribution is -2.33. The summed E-state index contributed by atoms with van der Waals surface area (Å²) in [4.78, 5) is 0. The van der Waals surface area contributed by atoms with E-state index in [9.17, 15) is 0 Å². The fourth-order valence-corrected chi connectivity index (χ4v) is 3.63. The van der Waals surface area contributed by atoms with Gasteiger partial charge in [0.05, 0.1) is 0 Å². The van der Waals surface area contributed by atoms with Crippen molar-refractivity contribution in [1.29, 1.82) is 0 Å². The van der Waals surface area contributed by atoms with Gasteiger partial charge in [-0.25, -0.2) is 0 Å². The number of rotatable bonds is 7. The first-order valence-corrected chi connectivity index (χ1v) is 8.55. The quantitative estimate of drug-likeness (QED) is 0.749. The Balaban J connectivity index is 1.92. The van der Waals surface area contributed by atoms with E-state index in [2.05, 4.69) is 52.4 Å². The highest BCUT2D eigenvalue weighted by Crippen LogP contribution is 2.29. The molecule has 0 heterocycles. The number of nitrogens with one attached hydrogen (secondary N) is 1. The zero-order chi connectivity index (χ0) is 13.5. The summed E-state index contributed by atoms with van der Waals surface area (Å²) in [7, 11) is 0. The normalized spacial score (nSPS) is 17.8. The minimum absolute atomic E-state index is 0.650. The van der Waals surface area contributed by atoms with Crippen LogP contribution in [0.25, 0.3) is 0 Å². The lowest BCUT2D eigenvalue weighted by molar-refractivity contribution is 0.385. The molecule has 1 nitrogen and oxygen atoms in total. The second-order valence-electron chi connectivity index (χ2n) is 5.87. The van der Waals surface area contributed by atoms with Crippen LogP contribution in [0.2, 0.25) is 0 Å². The Bertz CT molecular complexity index is 371. The molecule has 2 heteroatoms. The van der Waals surface area contributed by atoms with Gasteiger partial charge in [0.1, 0.15) is 0 Å². The third-order valence-corrected chi connectivity index (χ3v) is 4.64. The Morgan fingerprint density at radius 1 is 1.32 bits per heavy atom. The van der Waals surface area contributed by atoms with Crippen LogP contribution in [0.15, 0.2) is 28.7 Å². The van der Waals surface area contributed by atoms with Gasteiger partial charge in [-0.15, -0.1) is 0 Å². The van der Waals surface area contributed by atoms with E-state index in [1.165, 1.54) is 48.6 Å². The molecule has 0 aliphatic heterocycles. The fraction of sp³-hybridized carbons (Fsp3) is 0.647. The summed E-state index contributed by atoms with van der Waals surface area (Å²) >= 11 is 3.57. The SMILES string of the molecule is CCCNC(Cc1cccc(Br)c1)CC1CCCC1. The summed E-state index contributed by atoms with van der Waals surface area (Å²) in [5.41, 5.74) is 1.45. The van der Waals surface area contributed by atoms with Crippen molar-refractivity contribution in [2.45, 2.75) is 57.9 Å². The molecule has 0 aromatic heterocycles. The van der Waals surface area contributed by atoms with Crippen molar-refractivity contribution < 1.29 is 0 Å². The molecule has 0 amide bonds. The van der Waals surface area contributed by atoms with Crippen LogP contribution in [-0.4, -0.2) is 12.6 Å². The number of hydrogen-bond acceptors (Lipinski definition) is 1. The molecule has 1 unspecified atom stereocenters. The summed E-state index contributed by atoms with van der Waals surface area (Å²) in [6.45, 7) is 3.39. The molecule has 1 aromatic carbocycles. The molecule has 1 atom stereocenters. The predicted molar refractivity (Wildman–Crippen MR) is 86.5 cm³/mol. The minimum Gasteiger partial charge on any atom is -0.314 e. The van der Waals surface area contributed by atoms with E-state index in [1.807, 2.05) is 0 Å². The molecule has 0 spiro atoms. The Labute approximate surface area is 126 Å². The van der Waals surface area contributed by atoms with Crippen LogP contribution in [0.4, 0.5) is 0 Å². The lowest BCUT2D eigenvalue weighted by Gasteiger charge is -2.22. The van der Waals surface area contributed by atoms with Crippen molar-refractivity contribution in [2.24, 2.45) is 5.92 Å². The summed E-state index contributed by atoms with van der Waals surface area (Å²) in [6, 6.07) is 9.41. The van der Waals surface area contributed by atoms with Crippen LogP contribution in [0.5, 0.6) is 0 Å². The first-order chi connectivity index (χ1) is 9.28. The van der Waals surface area contributed by atoms with E-state index >= 15 is 0 Å². The van der Waals surface area contributed by atoms with Crippen molar-refractivity contribution in [1.82, 2.24) is 5.32 Å². The van der Waals surface area contributed by atoms with Crippen molar-refractivity contribution in [3.8, 4) is 0 Å². The van der Waals surface area contributed by atoms with Crippen molar-refractivity contribution >= 4 is 15.9 Å². The van der Waals surface area contributed by atoms with Crippen molar-refractivity contribution in [2.75, 3.05) is 6.54 Å². The van der Waals surface area contributed by atoms with Gasteiger partial charge in [0.15, 0.2) is 0 Å². The maximum absolute atomic E-state index is 3.75. The largest absolute Gasteiger partial charge is 0.314 e. The van der Waals surface area contributed by atoms with Crippen molar-refractivity contribution in [3.63, 3.8) is 0 Å². The number of benzene rings is 1.